The number of methoxy groups -OCH3 is 1. The van der Waals surface area contributed by atoms with E-state index in [1.54, 1.807) is 13.2 Å². The van der Waals surface area contributed by atoms with Crippen LogP contribution in [0.15, 0.2) is 36.4 Å². The van der Waals surface area contributed by atoms with E-state index in [0.29, 0.717) is 18.2 Å². The summed E-state index contributed by atoms with van der Waals surface area (Å²) in [5, 5.41) is 0. The van der Waals surface area contributed by atoms with Crippen molar-refractivity contribution in [3.63, 3.8) is 0 Å². The smallest absolute Gasteiger partial charge is 0.246 e. The van der Waals surface area contributed by atoms with Crippen molar-refractivity contribution in [1.29, 1.82) is 0 Å². The van der Waals surface area contributed by atoms with Crippen LogP contribution in [0.4, 0.5) is 0 Å². The minimum absolute atomic E-state index is 0.00540. The van der Waals surface area contributed by atoms with E-state index >= 15 is 0 Å². The summed E-state index contributed by atoms with van der Waals surface area (Å²) in [5.41, 5.74) is 1.84. The number of aryl methyl sites for hydroxylation is 2. The predicted octanol–water partition coefficient (Wildman–Crippen LogP) is 3.19. The molecule has 2 aromatic rings. The molecule has 142 valence electrons. The maximum atomic E-state index is 12.5. The summed E-state index contributed by atoms with van der Waals surface area (Å²) in [6, 6.07) is 9.42. The number of nitrogens with zero attached hydrogens (tertiary/aromatic N) is 3. The van der Waals surface area contributed by atoms with Crippen molar-refractivity contribution in [3.05, 3.63) is 53.5 Å². The molecule has 1 atom stereocenters. The molecule has 0 saturated carbocycles. The third-order valence-electron chi connectivity index (χ3n) is 4.45. The highest BCUT2D eigenvalue weighted by Gasteiger charge is 2.24. The Kier molecular flexibility index (Phi) is 6.06. The number of carbonyl (C=O) groups is 1. The van der Waals surface area contributed by atoms with E-state index in [0.717, 1.165) is 36.4 Å². The van der Waals surface area contributed by atoms with Crippen LogP contribution in [0.5, 0.6) is 11.6 Å². The lowest BCUT2D eigenvalue weighted by Gasteiger charge is -2.32. The first kappa shape index (κ1) is 18.9. The van der Waals surface area contributed by atoms with Crippen molar-refractivity contribution < 1.29 is 14.3 Å². The van der Waals surface area contributed by atoms with Crippen LogP contribution in [0.1, 0.15) is 29.9 Å². The molecule has 0 spiro atoms. The monoisotopic (exact) mass is 367 g/mol. The van der Waals surface area contributed by atoms with Gasteiger partial charge in [-0.3, -0.25) is 4.79 Å². The van der Waals surface area contributed by atoms with Gasteiger partial charge >= 0.3 is 0 Å². The molecule has 1 fully saturated rings. The van der Waals surface area contributed by atoms with Gasteiger partial charge in [0.2, 0.25) is 11.8 Å². The third-order valence-corrected chi connectivity index (χ3v) is 4.45. The lowest BCUT2D eigenvalue weighted by atomic mass is 10.1. The van der Waals surface area contributed by atoms with Crippen LogP contribution in [-0.2, 0) is 4.79 Å². The zero-order chi connectivity index (χ0) is 19.2. The first-order valence-corrected chi connectivity index (χ1v) is 9.13. The van der Waals surface area contributed by atoms with Gasteiger partial charge in [0.1, 0.15) is 17.7 Å². The fraction of sp³-hybridized carbons (Fsp3) is 0.381. The van der Waals surface area contributed by atoms with Crippen molar-refractivity contribution in [2.75, 3.05) is 20.2 Å². The Morgan fingerprint density at radius 3 is 2.70 bits per heavy atom. The second kappa shape index (κ2) is 8.66. The summed E-state index contributed by atoms with van der Waals surface area (Å²) in [6.45, 7) is 5.07. The van der Waals surface area contributed by atoms with E-state index in [2.05, 4.69) is 9.97 Å². The van der Waals surface area contributed by atoms with Gasteiger partial charge in [0.15, 0.2) is 0 Å². The van der Waals surface area contributed by atoms with E-state index < -0.39 is 0 Å². The van der Waals surface area contributed by atoms with Gasteiger partial charge in [-0.15, -0.1) is 0 Å². The SMILES string of the molecule is COc1ccc(C=CC(=O)N2CCCC(Oc3cc(C)nc(C)n3)C2)cc1. The second-order valence-electron chi connectivity index (χ2n) is 6.67. The molecule has 6 nitrogen and oxygen atoms in total. The minimum atomic E-state index is -0.0502. The second-order valence-corrected chi connectivity index (χ2v) is 6.67. The first-order valence-electron chi connectivity index (χ1n) is 9.13. The number of benzene rings is 1. The average molecular weight is 367 g/mol. The zero-order valence-corrected chi connectivity index (χ0v) is 16.0. The van der Waals surface area contributed by atoms with Crippen LogP contribution in [-0.4, -0.2) is 47.1 Å². The highest BCUT2D eigenvalue weighted by Crippen LogP contribution is 2.18. The van der Waals surface area contributed by atoms with Crippen LogP contribution in [0.25, 0.3) is 6.08 Å². The summed E-state index contributed by atoms with van der Waals surface area (Å²) in [5.74, 6) is 2.06. The molecular weight excluding hydrogens is 342 g/mol. The molecule has 2 heterocycles. The van der Waals surface area contributed by atoms with Crippen LogP contribution in [0, 0.1) is 13.8 Å². The highest BCUT2D eigenvalue weighted by molar-refractivity contribution is 5.91. The lowest BCUT2D eigenvalue weighted by Crippen LogP contribution is -2.43. The number of piperidine rings is 1. The normalized spacial score (nSPS) is 17.1. The summed E-state index contributed by atoms with van der Waals surface area (Å²) in [4.78, 5) is 23.0. The molecule has 1 aromatic carbocycles. The largest absolute Gasteiger partial charge is 0.497 e. The summed E-state index contributed by atoms with van der Waals surface area (Å²) in [6.07, 6.45) is 5.21. The van der Waals surface area contributed by atoms with E-state index in [1.165, 1.54) is 0 Å². The molecule has 6 heteroatoms. The molecule has 27 heavy (non-hydrogen) atoms. The van der Waals surface area contributed by atoms with Crippen molar-refractivity contribution in [3.8, 4) is 11.6 Å². The number of amides is 1. The third kappa shape index (κ3) is 5.29. The molecular formula is C21H25N3O3. The van der Waals surface area contributed by atoms with Crippen molar-refractivity contribution in [2.24, 2.45) is 0 Å². The zero-order valence-electron chi connectivity index (χ0n) is 16.0. The summed E-state index contributed by atoms with van der Waals surface area (Å²) in [7, 11) is 1.63. The van der Waals surface area contributed by atoms with Gasteiger partial charge in [-0.25, -0.2) is 4.98 Å². The van der Waals surface area contributed by atoms with Gasteiger partial charge in [-0.2, -0.15) is 4.98 Å². The maximum Gasteiger partial charge on any atom is 0.246 e. The standard InChI is InChI=1S/C21H25N3O3/c1-15-13-20(23-16(2)22-15)27-19-5-4-12-24(14-19)21(25)11-8-17-6-9-18(26-3)10-7-17/h6-11,13,19H,4-5,12,14H2,1-3H3. The maximum absolute atomic E-state index is 12.5. The number of hydrogen-bond acceptors (Lipinski definition) is 5. The topological polar surface area (TPSA) is 64.5 Å². The van der Waals surface area contributed by atoms with E-state index in [-0.39, 0.29) is 12.0 Å². The highest BCUT2D eigenvalue weighted by atomic mass is 16.5. The Balaban J connectivity index is 1.59. The average Bonchev–Trinajstić information content (AvgIpc) is 2.66. The molecule has 1 saturated heterocycles. The van der Waals surface area contributed by atoms with Crippen molar-refractivity contribution in [2.45, 2.75) is 32.8 Å². The number of rotatable bonds is 5. The summed E-state index contributed by atoms with van der Waals surface area (Å²) < 4.78 is 11.1. The van der Waals surface area contributed by atoms with E-state index in [4.69, 9.17) is 9.47 Å². The molecule has 3 rings (SSSR count). The molecule has 0 radical (unpaired) electrons. The molecule has 0 N–H and O–H groups in total. The fourth-order valence-corrected chi connectivity index (χ4v) is 3.14. The quantitative estimate of drug-likeness (QED) is 0.760. The Morgan fingerprint density at radius 2 is 2.00 bits per heavy atom. The molecule has 1 aliphatic heterocycles. The number of hydrogen-bond donors (Lipinski definition) is 0. The molecule has 1 aromatic heterocycles. The van der Waals surface area contributed by atoms with Gasteiger partial charge in [-0.05, 0) is 50.5 Å². The fourth-order valence-electron chi connectivity index (χ4n) is 3.14. The number of likely N-dealkylation sites (tertiary alicyclic amines) is 1. The molecule has 1 amide bonds. The van der Waals surface area contributed by atoms with Gasteiger partial charge in [-0.1, -0.05) is 12.1 Å². The van der Waals surface area contributed by atoms with Gasteiger partial charge < -0.3 is 14.4 Å². The predicted molar refractivity (Wildman–Crippen MR) is 104 cm³/mol. The Labute approximate surface area is 159 Å². The Hall–Kier alpha value is -2.89. The van der Waals surface area contributed by atoms with Crippen LogP contribution in [0.2, 0.25) is 0 Å². The van der Waals surface area contributed by atoms with Gasteiger partial charge in [0, 0.05) is 24.4 Å². The first-order chi connectivity index (χ1) is 13.0. The van der Waals surface area contributed by atoms with Crippen molar-refractivity contribution in [1.82, 2.24) is 14.9 Å². The summed E-state index contributed by atoms with van der Waals surface area (Å²) >= 11 is 0. The Morgan fingerprint density at radius 1 is 1.22 bits per heavy atom. The Bertz CT molecular complexity index is 798. The van der Waals surface area contributed by atoms with Crippen LogP contribution < -0.4 is 9.47 Å². The van der Waals surface area contributed by atoms with E-state index in [9.17, 15) is 4.79 Å². The molecule has 0 bridgehead atoms. The van der Waals surface area contributed by atoms with Crippen LogP contribution >= 0.6 is 0 Å². The minimum Gasteiger partial charge on any atom is -0.497 e. The number of aromatic nitrogens is 2. The molecule has 1 unspecified atom stereocenters. The number of carbonyl (C=O) groups excluding carboxylic acids is 1. The van der Waals surface area contributed by atoms with Gasteiger partial charge in [0.25, 0.3) is 0 Å². The van der Waals surface area contributed by atoms with Crippen molar-refractivity contribution >= 4 is 12.0 Å². The van der Waals surface area contributed by atoms with Gasteiger partial charge in [0.05, 0.1) is 13.7 Å². The van der Waals surface area contributed by atoms with Crippen LogP contribution in [0.3, 0.4) is 0 Å². The van der Waals surface area contributed by atoms with E-state index in [1.807, 2.05) is 55.2 Å². The molecule has 0 aliphatic carbocycles. The number of ether oxygens (including phenoxy) is 2. The lowest BCUT2D eigenvalue weighted by molar-refractivity contribution is -0.128. The molecule has 1 aliphatic rings.